The lowest BCUT2D eigenvalue weighted by Crippen LogP contribution is -2.12. The largest absolute Gasteiger partial charge is 0.477 e. The van der Waals surface area contributed by atoms with Crippen LogP contribution in [0.4, 0.5) is 0 Å². The van der Waals surface area contributed by atoms with Crippen molar-refractivity contribution < 1.29 is 9.53 Å². The molecule has 0 aliphatic heterocycles. The van der Waals surface area contributed by atoms with Crippen molar-refractivity contribution in [1.29, 1.82) is 5.26 Å². The normalized spacial score (nSPS) is 14.1. The molecule has 0 bridgehead atoms. The van der Waals surface area contributed by atoms with E-state index in [2.05, 4.69) is 15.0 Å². The van der Waals surface area contributed by atoms with Gasteiger partial charge in [-0.25, -0.2) is 9.97 Å². The van der Waals surface area contributed by atoms with Gasteiger partial charge in [0.25, 0.3) is 5.91 Å². The number of nitrogens with zero attached hydrogens (tertiary/aromatic N) is 3. The summed E-state index contributed by atoms with van der Waals surface area (Å²) in [5.41, 5.74) is 8.20. The molecule has 3 aromatic heterocycles. The van der Waals surface area contributed by atoms with Crippen LogP contribution in [-0.4, -0.2) is 27.5 Å². The number of hydrogen-bond acceptors (Lipinski definition) is 5. The molecular weight excluding hydrogens is 342 g/mol. The number of carbonyl (C=O) groups excluding carboxylic acids is 1. The average Bonchev–Trinajstić information content (AvgIpc) is 3.44. The van der Waals surface area contributed by atoms with E-state index < -0.39 is 5.91 Å². The Kier molecular flexibility index (Phi) is 4.30. The van der Waals surface area contributed by atoms with Crippen molar-refractivity contribution in [2.75, 3.05) is 6.61 Å². The average molecular weight is 359 g/mol. The van der Waals surface area contributed by atoms with E-state index in [-0.39, 0.29) is 5.57 Å². The lowest BCUT2D eigenvalue weighted by molar-refractivity contribution is -0.114. The Hall–Kier alpha value is -3.66. The molecule has 3 N–H and O–H groups in total. The van der Waals surface area contributed by atoms with Crippen molar-refractivity contribution >= 4 is 23.0 Å². The van der Waals surface area contributed by atoms with Crippen LogP contribution in [0.5, 0.6) is 5.88 Å². The number of nitriles is 1. The lowest BCUT2D eigenvalue weighted by Gasteiger charge is -2.06. The number of aromatic amines is 1. The number of carbonyl (C=O) groups is 1. The van der Waals surface area contributed by atoms with Gasteiger partial charge < -0.3 is 15.5 Å². The number of hydrogen-bond donors (Lipinski definition) is 2. The van der Waals surface area contributed by atoms with E-state index in [0.29, 0.717) is 23.0 Å². The van der Waals surface area contributed by atoms with E-state index in [1.54, 1.807) is 18.6 Å². The number of amides is 1. The smallest absolute Gasteiger partial charge is 0.259 e. The Morgan fingerprint density at radius 2 is 2.15 bits per heavy atom. The second-order valence-electron chi connectivity index (χ2n) is 6.54. The third kappa shape index (κ3) is 3.65. The summed E-state index contributed by atoms with van der Waals surface area (Å²) < 4.78 is 5.66. The molecule has 1 fully saturated rings. The van der Waals surface area contributed by atoms with Gasteiger partial charge >= 0.3 is 0 Å². The molecule has 3 heterocycles. The number of ether oxygens (including phenoxy) is 1. The van der Waals surface area contributed by atoms with Gasteiger partial charge in [-0.3, -0.25) is 4.79 Å². The van der Waals surface area contributed by atoms with Gasteiger partial charge in [0.2, 0.25) is 5.88 Å². The fourth-order valence-electron chi connectivity index (χ4n) is 2.74. The second kappa shape index (κ2) is 6.92. The van der Waals surface area contributed by atoms with Crippen LogP contribution in [0.3, 0.4) is 0 Å². The molecule has 4 rings (SSSR count). The summed E-state index contributed by atoms with van der Waals surface area (Å²) in [6.07, 6.45) is 9.11. The Morgan fingerprint density at radius 3 is 2.81 bits per heavy atom. The van der Waals surface area contributed by atoms with Crippen LogP contribution >= 0.6 is 0 Å². The van der Waals surface area contributed by atoms with Gasteiger partial charge in [-0.05, 0) is 37.0 Å². The molecule has 7 heteroatoms. The molecule has 27 heavy (non-hydrogen) atoms. The Labute approximate surface area is 155 Å². The molecule has 0 radical (unpaired) electrons. The first-order chi connectivity index (χ1) is 13.1. The molecule has 1 aliphatic carbocycles. The summed E-state index contributed by atoms with van der Waals surface area (Å²) in [4.78, 5) is 23.1. The highest BCUT2D eigenvalue weighted by molar-refractivity contribution is 6.03. The first kappa shape index (κ1) is 16.8. The van der Waals surface area contributed by atoms with Crippen molar-refractivity contribution in [3.63, 3.8) is 0 Å². The molecule has 0 unspecified atom stereocenters. The number of aromatic nitrogens is 3. The number of fused-ring (bicyclic) bond motifs is 1. The number of H-pyrrole nitrogens is 1. The number of rotatable bonds is 6. The SMILES string of the molecule is N#CC(=Cc1c[nH]c2ncc(-c3ccc(OCC4CC4)nc3)cc12)C(N)=O. The standard InChI is InChI=1S/C20H17N5O2/c21-7-14(19(22)26)5-16-10-25-20-17(16)6-15(9-24-20)13-3-4-18(23-8-13)27-11-12-1-2-12/h3-6,8-10,12H,1-2,11H2,(H2,22,26)(H,24,25). The van der Waals surface area contributed by atoms with Crippen molar-refractivity contribution in [2.24, 2.45) is 11.7 Å². The van der Waals surface area contributed by atoms with Crippen molar-refractivity contribution in [1.82, 2.24) is 15.0 Å². The van der Waals surface area contributed by atoms with Crippen LogP contribution in [-0.2, 0) is 4.79 Å². The van der Waals surface area contributed by atoms with E-state index in [4.69, 9.17) is 15.7 Å². The lowest BCUT2D eigenvalue weighted by atomic mass is 10.1. The first-order valence-corrected chi connectivity index (χ1v) is 8.62. The Bertz CT molecular complexity index is 1070. The molecule has 0 aromatic carbocycles. The Balaban J connectivity index is 1.63. The molecule has 1 saturated carbocycles. The molecule has 0 spiro atoms. The highest BCUT2D eigenvalue weighted by Crippen LogP contribution is 2.30. The highest BCUT2D eigenvalue weighted by atomic mass is 16.5. The molecule has 134 valence electrons. The highest BCUT2D eigenvalue weighted by Gasteiger charge is 2.22. The van der Waals surface area contributed by atoms with Gasteiger partial charge in [0, 0.05) is 46.7 Å². The maximum absolute atomic E-state index is 11.3. The van der Waals surface area contributed by atoms with Gasteiger partial charge in [-0.2, -0.15) is 5.26 Å². The van der Waals surface area contributed by atoms with E-state index in [9.17, 15) is 4.79 Å². The topological polar surface area (TPSA) is 118 Å². The van der Waals surface area contributed by atoms with E-state index in [0.717, 1.165) is 23.1 Å². The van der Waals surface area contributed by atoms with Crippen LogP contribution in [0, 0.1) is 17.2 Å². The Morgan fingerprint density at radius 1 is 1.33 bits per heavy atom. The van der Waals surface area contributed by atoms with Crippen LogP contribution in [0.25, 0.3) is 28.2 Å². The first-order valence-electron chi connectivity index (χ1n) is 8.62. The number of nitrogens with two attached hydrogens (primary N) is 1. The number of nitrogens with one attached hydrogen (secondary N) is 1. The van der Waals surface area contributed by atoms with Crippen molar-refractivity contribution in [2.45, 2.75) is 12.8 Å². The third-order valence-electron chi connectivity index (χ3n) is 4.48. The minimum absolute atomic E-state index is 0.111. The second-order valence-corrected chi connectivity index (χ2v) is 6.54. The van der Waals surface area contributed by atoms with E-state index in [1.807, 2.05) is 24.3 Å². The summed E-state index contributed by atoms with van der Waals surface area (Å²) in [6.45, 7) is 0.722. The van der Waals surface area contributed by atoms with Crippen LogP contribution in [0.2, 0.25) is 0 Å². The number of primary amides is 1. The molecular formula is C20H17N5O2. The molecule has 1 aliphatic rings. The maximum atomic E-state index is 11.3. The molecule has 0 atom stereocenters. The van der Waals surface area contributed by atoms with Crippen LogP contribution in [0.15, 0.2) is 42.4 Å². The quantitative estimate of drug-likeness (QED) is 0.518. The third-order valence-corrected chi connectivity index (χ3v) is 4.48. The maximum Gasteiger partial charge on any atom is 0.259 e. The van der Waals surface area contributed by atoms with Crippen LogP contribution in [0.1, 0.15) is 18.4 Å². The molecule has 7 nitrogen and oxygen atoms in total. The van der Waals surface area contributed by atoms with Gasteiger partial charge in [0.05, 0.1) is 6.61 Å². The minimum Gasteiger partial charge on any atom is -0.477 e. The predicted octanol–water partition coefficient (Wildman–Crippen LogP) is 2.81. The summed E-state index contributed by atoms with van der Waals surface area (Å²) in [5, 5.41) is 9.83. The minimum atomic E-state index is -0.762. The zero-order chi connectivity index (χ0) is 18.8. The zero-order valence-electron chi connectivity index (χ0n) is 14.5. The fraction of sp³-hybridized carbons (Fsp3) is 0.200. The summed E-state index contributed by atoms with van der Waals surface area (Å²) in [6, 6.07) is 7.53. The summed E-state index contributed by atoms with van der Waals surface area (Å²) >= 11 is 0. The van der Waals surface area contributed by atoms with Gasteiger partial charge in [0.15, 0.2) is 0 Å². The predicted molar refractivity (Wildman–Crippen MR) is 100 cm³/mol. The molecule has 0 saturated heterocycles. The van der Waals surface area contributed by atoms with Crippen molar-refractivity contribution in [3.05, 3.63) is 47.9 Å². The summed E-state index contributed by atoms with van der Waals surface area (Å²) in [5.74, 6) is 0.531. The monoisotopic (exact) mass is 359 g/mol. The number of pyridine rings is 2. The molecule has 3 aromatic rings. The molecule has 1 amide bonds. The van der Waals surface area contributed by atoms with Crippen LogP contribution < -0.4 is 10.5 Å². The fourth-order valence-corrected chi connectivity index (χ4v) is 2.74. The van der Waals surface area contributed by atoms with Gasteiger partial charge in [-0.15, -0.1) is 0 Å². The summed E-state index contributed by atoms with van der Waals surface area (Å²) in [7, 11) is 0. The van der Waals surface area contributed by atoms with Gasteiger partial charge in [0.1, 0.15) is 17.3 Å². The van der Waals surface area contributed by atoms with Gasteiger partial charge in [-0.1, -0.05) is 0 Å². The van der Waals surface area contributed by atoms with E-state index >= 15 is 0 Å². The van der Waals surface area contributed by atoms with Crippen molar-refractivity contribution in [3.8, 4) is 23.1 Å². The van der Waals surface area contributed by atoms with E-state index in [1.165, 1.54) is 18.9 Å². The zero-order valence-corrected chi connectivity index (χ0v) is 14.5.